The maximum atomic E-state index is 13.8. The van der Waals surface area contributed by atoms with E-state index in [1.165, 1.54) is 24.3 Å². The van der Waals surface area contributed by atoms with E-state index in [1.807, 2.05) is 0 Å². The second kappa shape index (κ2) is 6.52. The number of amides is 2. The van der Waals surface area contributed by atoms with Gasteiger partial charge >= 0.3 is 0 Å². The van der Waals surface area contributed by atoms with Crippen molar-refractivity contribution in [2.45, 2.75) is 6.54 Å². The first-order chi connectivity index (χ1) is 11.1. The Labute approximate surface area is 141 Å². The zero-order valence-corrected chi connectivity index (χ0v) is 13.3. The predicted octanol–water partition coefficient (Wildman–Crippen LogP) is 4.11. The van der Waals surface area contributed by atoms with Gasteiger partial charge in [-0.15, -0.1) is 0 Å². The molecule has 1 aromatic heterocycles. The van der Waals surface area contributed by atoms with Crippen molar-refractivity contribution in [2.75, 3.05) is 0 Å². The van der Waals surface area contributed by atoms with Gasteiger partial charge in [0.05, 0.1) is 17.1 Å². The average molecular weight is 349 g/mol. The van der Waals surface area contributed by atoms with Crippen LogP contribution in [0.2, 0.25) is 5.02 Å². The number of pyridine rings is 1. The summed E-state index contributed by atoms with van der Waals surface area (Å²) in [6.45, 7) is -0.199. The topological polar surface area (TPSA) is 50.3 Å². The summed E-state index contributed by atoms with van der Waals surface area (Å²) in [4.78, 5) is 29.7. The van der Waals surface area contributed by atoms with Gasteiger partial charge < -0.3 is 0 Å². The van der Waals surface area contributed by atoms with Crippen LogP contribution in [0.1, 0.15) is 11.3 Å². The zero-order chi connectivity index (χ0) is 16.4. The third-order valence-corrected chi connectivity index (χ3v) is 4.48. The van der Waals surface area contributed by atoms with Gasteiger partial charge in [0.2, 0.25) is 0 Å². The summed E-state index contributed by atoms with van der Waals surface area (Å²) in [6.07, 6.45) is 3.13. The lowest BCUT2D eigenvalue weighted by Gasteiger charge is -2.14. The van der Waals surface area contributed by atoms with Gasteiger partial charge in [-0.3, -0.25) is 19.5 Å². The van der Waals surface area contributed by atoms with E-state index in [1.54, 1.807) is 24.4 Å². The monoisotopic (exact) mass is 348 g/mol. The van der Waals surface area contributed by atoms with E-state index in [0.717, 1.165) is 16.7 Å². The van der Waals surface area contributed by atoms with Crippen molar-refractivity contribution in [2.24, 2.45) is 0 Å². The molecule has 0 N–H and O–H groups in total. The molecule has 2 aromatic rings. The number of aromatic nitrogens is 1. The van der Waals surface area contributed by atoms with Crippen molar-refractivity contribution in [1.82, 2.24) is 9.88 Å². The Morgan fingerprint density at radius 2 is 2.04 bits per heavy atom. The summed E-state index contributed by atoms with van der Waals surface area (Å²) in [7, 11) is 0. The molecule has 2 amide bonds. The van der Waals surface area contributed by atoms with E-state index in [-0.39, 0.29) is 22.0 Å². The number of thioether (sulfide) groups is 1. The molecule has 0 unspecified atom stereocenters. The molecule has 7 heteroatoms. The third-order valence-electron chi connectivity index (χ3n) is 3.22. The molecule has 1 aliphatic heterocycles. The van der Waals surface area contributed by atoms with Crippen LogP contribution in [0.5, 0.6) is 0 Å². The molecule has 0 saturated carbocycles. The molecule has 2 heterocycles. The molecule has 1 aromatic carbocycles. The number of hydrogen-bond donors (Lipinski definition) is 0. The van der Waals surface area contributed by atoms with Crippen molar-refractivity contribution in [3.05, 3.63) is 69.6 Å². The Morgan fingerprint density at radius 1 is 1.22 bits per heavy atom. The number of nitrogens with zero attached hydrogens (tertiary/aromatic N) is 2. The summed E-state index contributed by atoms with van der Waals surface area (Å²) in [6, 6.07) is 9.48. The minimum absolute atomic E-state index is 0.121. The lowest BCUT2D eigenvalue weighted by atomic mass is 10.2. The molecule has 4 nitrogen and oxygen atoms in total. The van der Waals surface area contributed by atoms with Crippen LogP contribution in [0.4, 0.5) is 9.18 Å². The second-order valence-corrected chi connectivity index (χ2v) is 6.12. The largest absolute Gasteiger partial charge is 0.293 e. The van der Waals surface area contributed by atoms with Gasteiger partial charge in [0.15, 0.2) is 0 Å². The smallest absolute Gasteiger partial charge is 0.268 e. The van der Waals surface area contributed by atoms with Gasteiger partial charge in [0, 0.05) is 16.8 Å². The zero-order valence-electron chi connectivity index (χ0n) is 11.7. The maximum absolute atomic E-state index is 13.8. The Kier molecular flexibility index (Phi) is 4.45. The van der Waals surface area contributed by atoms with E-state index in [2.05, 4.69) is 4.98 Å². The first kappa shape index (κ1) is 15.7. The van der Waals surface area contributed by atoms with Gasteiger partial charge in [-0.05, 0) is 42.1 Å². The molecular weight excluding hydrogens is 339 g/mol. The number of carbonyl (C=O) groups excluding carboxylic acids is 2. The van der Waals surface area contributed by atoms with Crippen LogP contribution in [0.3, 0.4) is 0 Å². The van der Waals surface area contributed by atoms with Crippen molar-refractivity contribution < 1.29 is 14.0 Å². The van der Waals surface area contributed by atoms with Crippen LogP contribution in [0, 0.1) is 5.82 Å². The molecule has 0 atom stereocenters. The summed E-state index contributed by atoms with van der Waals surface area (Å²) in [5.74, 6) is -1.03. The third kappa shape index (κ3) is 3.28. The van der Waals surface area contributed by atoms with Crippen molar-refractivity contribution in [3.63, 3.8) is 0 Å². The predicted molar refractivity (Wildman–Crippen MR) is 87.2 cm³/mol. The molecule has 3 rings (SSSR count). The average Bonchev–Trinajstić information content (AvgIpc) is 2.79. The Bertz CT molecular complexity index is 791. The van der Waals surface area contributed by atoms with Gasteiger partial charge in [-0.1, -0.05) is 23.7 Å². The highest BCUT2D eigenvalue weighted by Crippen LogP contribution is 2.34. The van der Waals surface area contributed by atoms with Crippen molar-refractivity contribution in [3.8, 4) is 0 Å². The van der Waals surface area contributed by atoms with Gasteiger partial charge in [0.25, 0.3) is 11.1 Å². The fourth-order valence-corrected chi connectivity index (χ4v) is 3.12. The summed E-state index contributed by atoms with van der Waals surface area (Å²) in [5.41, 5.74) is 0.692. The minimum atomic E-state index is -0.551. The minimum Gasteiger partial charge on any atom is -0.268 e. The molecule has 0 radical (unpaired) electrons. The summed E-state index contributed by atoms with van der Waals surface area (Å²) < 4.78 is 13.8. The summed E-state index contributed by atoms with van der Waals surface area (Å²) >= 11 is 6.75. The molecule has 1 aliphatic rings. The molecular formula is C16H10ClFN2O2S. The summed E-state index contributed by atoms with van der Waals surface area (Å²) in [5, 5.41) is -0.283. The van der Waals surface area contributed by atoms with E-state index >= 15 is 0 Å². The standard InChI is InChI=1S/C16H10ClFN2O2S/c17-12-5-3-6-13(18)11(12)9-20-15(21)14(23-16(20)22)8-10-4-1-2-7-19-10/h1-8H,9H2/b14-8-. The van der Waals surface area contributed by atoms with Gasteiger partial charge in [0.1, 0.15) is 5.82 Å². The Morgan fingerprint density at radius 3 is 2.74 bits per heavy atom. The fraction of sp³-hybridized carbons (Fsp3) is 0.0625. The Balaban J connectivity index is 1.86. The Hall–Kier alpha value is -2.18. The van der Waals surface area contributed by atoms with E-state index in [0.29, 0.717) is 5.69 Å². The first-order valence-electron chi connectivity index (χ1n) is 6.65. The second-order valence-electron chi connectivity index (χ2n) is 4.72. The molecule has 0 bridgehead atoms. The number of imide groups is 1. The lowest BCUT2D eigenvalue weighted by molar-refractivity contribution is -0.123. The highest BCUT2D eigenvalue weighted by atomic mass is 35.5. The number of benzene rings is 1. The van der Waals surface area contributed by atoms with Crippen molar-refractivity contribution in [1.29, 1.82) is 0 Å². The lowest BCUT2D eigenvalue weighted by Crippen LogP contribution is -2.28. The van der Waals surface area contributed by atoms with Crippen LogP contribution < -0.4 is 0 Å². The van der Waals surface area contributed by atoms with Gasteiger partial charge in [-0.25, -0.2) is 4.39 Å². The van der Waals surface area contributed by atoms with Crippen LogP contribution in [0.15, 0.2) is 47.5 Å². The SMILES string of the molecule is O=C1S/C(=C\c2ccccn2)C(=O)N1Cc1c(F)cccc1Cl. The van der Waals surface area contributed by atoms with Crippen LogP contribution in [-0.2, 0) is 11.3 Å². The maximum Gasteiger partial charge on any atom is 0.293 e. The highest BCUT2D eigenvalue weighted by Gasteiger charge is 2.35. The van der Waals surface area contributed by atoms with E-state index in [4.69, 9.17) is 11.6 Å². The number of carbonyl (C=O) groups is 2. The molecule has 0 aliphatic carbocycles. The number of halogens is 2. The molecule has 23 heavy (non-hydrogen) atoms. The number of rotatable bonds is 3. The van der Waals surface area contributed by atoms with E-state index in [9.17, 15) is 14.0 Å². The van der Waals surface area contributed by atoms with Crippen molar-refractivity contribution >= 4 is 40.6 Å². The van der Waals surface area contributed by atoms with Crippen LogP contribution >= 0.6 is 23.4 Å². The van der Waals surface area contributed by atoms with Gasteiger partial charge in [-0.2, -0.15) is 0 Å². The normalized spacial score (nSPS) is 16.4. The highest BCUT2D eigenvalue weighted by molar-refractivity contribution is 8.18. The van der Waals surface area contributed by atoms with E-state index < -0.39 is 17.0 Å². The van der Waals surface area contributed by atoms with Crippen LogP contribution in [-0.4, -0.2) is 21.0 Å². The fourth-order valence-electron chi connectivity index (χ4n) is 2.07. The number of hydrogen-bond acceptors (Lipinski definition) is 4. The first-order valence-corrected chi connectivity index (χ1v) is 7.85. The molecule has 1 fully saturated rings. The molecule has 116 valence electrons. The molecule has 1 saturated heterocycles. The quantitative estimate of drug-likeness (QED) is 0.783. The molecule has 0 spiro atoms. The van der Waals surface area contributed by atoms with Crippen LogP contribution in [0.25, 0.3) is 6.08 Å².